The van der Waals surface area contributed by atoms with Crippen LogP contribution in [0.5, 0.6) is 0 Å². The van der Waals surface area contributed by atoms with Gasteiger partial charge in [0, 0.05) is 4.90 Å². The SMILES string of the molecule is CC1(C)CCSc2ccc[c]c21. The maximum atomic E-state index is 3.36. The van der Waals surface area contributed by atoms with Crippen LogP contribution in [0.4, 0.5) is 0 Å². The third-order valence-electron chi connectivity index (χ3n) is 2.48. The number of thioether (sulfide) groups is 1. The molecule has 1 aromatic rings. The van der Waals surface area contributed by atoms with E-state index in [4.69, 9.17) is 0 Å². The number of benzene rings is 1. The molecule has 1 heterocycles. The average molecular weight is 177 g/mol. The molecule has 0 fully saturated rings. The van der Waals surface area contributed by atoms with Gasteiger partial charge in [-0.1, -0.05) is 26.0 Å². The first-order valence-electron chi connectivity index (χ1n) is 4.34. The molecule has 1 heteroatoms. The van der Waals surface area contributed by atoms with Gasteiger partial charge in [0.25, 0.3) is 0 Å². The largest absolute Gasteiger partial charge is 0.126 e. The van der Waals surface area contributed by atoms with E-state index in [1.807, 2.05) is 17.8 Å². The molecule has 0 N–H and O–H groups in total. The number of hydrogen-bond donors (Lipinski definition) is 0. The highest BCUT2D eigenvalue weighted by molar-refractivity contribution is 7.99. The molecule has 0 amide bonds. The quantitative estimate of drug-likeness (QED) is 0.586. The van der Waals surface area contributed by atoms with Crippen LogP contribution < -0.4 is 0 Å². The average Bonchev–Trinajstić information content (AvgIpc) is 2.04. The molecule has 1 aromatic carbocycles. The number of rotatable bonds is 0. The first-order chi connectivity index (χ1) is 5.70. The van der Waals surface area contributed by atoms with Crippen LogP contribution in [0.25, 0.3) is 0 Å². The molecule has 63 valence electrons. The molecule has 0 saturated heterocycles. The summed E-state index contributed by atoms with van der Waals surface area (Å²) >= 11 is 1.96. The summed E-state index contributed by atoms with van der Waals surface area (Å²) in [6.07, 6.45) is 1.27. The predicted octanol–water partition coefficient (Wildman–Crippen LogP) is 3.26. The first kappa shape index (κ1) is 8.18. The van der Waals surface area contributed by atoms with Crippen molar-refractivity contribution in [3.05, 3.63) is 29.8 Å². The lowest BCUT2D eigenvalue weighted by Gasteiger charge is -2.31. The molecule has 0 aromatic heterocycles. The second-order valence-corrected chi connectivity index (χ2v) is 5.03. The molecule has 0 atom stereocenters. The molecular weight excluding hydrogens is 164 g/mol. The Morgan fingerprint density at radius 3 is 3.08 bits per heavy atom. The van der Waals surface area contributed by atoms with Crippen molar-refractivity contribution in [1.29, 1.82) is 0 Å². The van der Waals surface area contributed by atoms with Gasteiger partial charge in [-0.15, -0.1) is 11.8 Å². The maximum absolute atomic E-state index is 3.36. The Morgan fingerprint density at radius 2 is 2.33 bits per heavy atom. The Labute approximate surface area is 78.4 Å². The molecule has 1 aliphatic heterocycles. The molecule has 0 aliphatic carbocycles. The lowest BCUT2D eigenvalue weighted by Crippen LogP contribution is -2.22. The second kappa shape index (κ2) is 2.81. The van der Waals surface area contributed by atoms with Crippen molar-refractivity contribution in [3.63, 3.8) is 0 Å². The third kappa shape index (κ3) is 1.27. The number of hydrogen-bond acceptors (Lipinski definition) is 1. The Kier molecular flexibility index (Phi) is 1.91. The zero-order chi connectivity index (χ0) is 8.60. The Hall–Kier alpha value is -0.430. The monoisotopic (exact) mass is 177 g/mol. The summed E-state index contributed by atoms with van der Waals surface area (Å²) in [5.74, 6) is 1.25. The van der Waals surface area contributed by atoms with Crippen LogP contribution in [-0.2, 0) is 5.41 Å². The maximum Gasteiger partial charge on any atom is 0.0116 e. The summed E-state index contributed by atoms with van der Waals surface area (Å²) < 4.78 is 0. The predicted molar refractivity (Wildman–Crippen MR) is 53.6 cm³/mol. The fourth-order valence-corrected chi connectivity index (χ4v) is 3.10. The van der Waals surface area contributed by atoms with Gasteiger partial charge in [-0.3, -0.25) is 0 Å². The molecule has 0 saturated carbocycles. The van der Waals surface area contributed by atoms with Crippen LogP contribution in [-0.4, -0.2) is 5.75 Å². The standard InChI is InChI=1S/C11H13S/c1-11(2)7-8-12-10-6-4-3-5-9(10)11/h3-4,6H,7-8H2,1-2H3. The van der Waals surface area contributed by atoms with Crippen molar-refractivity contribution in [2.45, 2.75) is 30.6 Å². The minimum atomic E-state index is 0.335. The molecule has 2 rings (SSSR count). The molecule has 1 aliphatic rings. The lowest BCUT2D eigenvalue weighted by atomic mass is 9.82. The molecule has 0 unspecified atom stereocenters. The van der Waals surface area contributed by atoms with Gasteiger partial charge in [0.05, 0.1) is 0 Å². The fourth-order valence-electron chi connectivity index (χ4n) is 1.61. The van der Waals surface area contributed by atoms with E-state index >= 15 is 0 Å². The number of fused-ring (bicyclic) bond motifs is 1. The van der Waals surface area contributed by atoms with Crippen LogP contribution in [0.15, 0.2) is 23.1 Å². The zero-order valence-corrected chi connectivity index (χ0v) is 8.37. The van der Waals surface area contributed by atoms with E-state index in [1.165, 1.54) is 22.6 Å². The van der Waals surface area contributed by atoms with E-state index in [0.717, 1.165) is 0 Å². The van der Waals surface area contributed by atoms with Crippen LogP contribution in [0.2, 0.25) is 0 Å². The Bertz CT molecular complexity index is 289. The topological polar surface area (TPSA) is 0 Å². The van der Waals surface area contributed by atoms with Gasteiger partial charge in [-0.05, 0) is 35.3 Å². The third-order valence-corrected chi connectivity index (χ3v) is 3.54. The summed E-state index contributed by atoms with van der Waals surface area (Å²) in [6, 6.07) is 9.66. The van der Waals surface area contributed by atoms with Crippen LogP contribution >= 0.6 is 11.8 Å². The van der Waals surface area contributed by atoms with Crippen molar-refractivity contribution in [2.75, 3.05) is 5.75 Å². The first-order valence-corrected chi connectivity index (χ1v) is 5.33. The van der Waals surface area contributed by atoms with Crippen molar-refractivity contribution in [2.24, 2.45) is 0 Å². The van der Waals surface area contributed by atoms with Crippen LogP contribution in [0.3, 0.4) is 0 Å². The molecule has 0 bridgehead atoms. The normalized spacial score (nSPS) is 20.2. The summed E-state index contributed by atoms with van der Waals surface area (Å²) in [5, 5.41) is 0. The Morgan fingerprint density at radius 1 is 1.50 bits per heavy atom. The van der Waals surface area contributed by atoms with E-state index in [9.17, 15) is 0 Å². The summed E-state index contributed by atoms with van der Waals surface area (Å²) in [4.78, 5) is 1.42. The smallest absolute Gasteiger partial charge is 0.0116 e. The van der Waals surface area contributed by atoms with E-state index in [-0.39, 0.29) is 0 Å². The van der Waals surface area contributed by atoms with E-state index < -0.39 is 0 Å². The van der Waals surface area contributed by atoms with E-state index in [1.54, 1.807) is 0 Å². The second-order valence-electron chi connectivity index (χ2n) is 3.89. The van der Waals surface area contributed by atoms with E-state index in [0.29, 0.717) is 5.41 Å². The van der Waals surface area contributed by atoms with Crippen molar-refractivity contribution in [3.8, 4) is 0 Å². The summed E-state index contributed by atoms with van der Waals surface area (Å²) in [5.41, 5.74) is 1.74. The molecule has 1 radical (unpaired) electrons. The van der Waals surface area contributed by atoms with Gasteiger partial charge >= 0.3 is 0 Å². The van der Waals surface area contributed by atoms with Gasteiger partial charge in [0.15, 0.2) is 0 Å². The van der Waals surface area contributed by atoms with E-state index in [2.05, 4.69) is 32.0 Å². The van der Waals surface area contributed by atoms with Crippen LogP contribution in [0.1, 0.15) is 25.8 Å². The highest BCUT2D eigenvalue weighted by Gasteiger charge is 2.27. The highest BCUT2D eigenvalue weighted by Crippen LogP contribution is 2.40. The fraction of sp³-hybridized carbons (Fsp3) is 0.455. The van der Waals surface area contributed by atoms with Crippen molar-refractivity contribution in [1.82, 2.24) is 0 Å². The van der Waals surface area contributed by atoms with Gasteiger partial charge in [0.1, 0.15) is 0 Å². The minimum Gasteiger partial charge on any atom is -0.126 e. The van der Waals surface area contributed by atoms with Crippen molar-refractivity contribution < 1.29 is 0 Å². The lowest BCUT2D eigenvalue weighted by molar-refractivity contribution is 0.493. The van der Waals surface area contributed by atoms with Crippen molar-refractivity contribution >= 4 is 11.8 Å². The van der Waals surface area contributed by atoms with Gasteiger partial charge in [-0.2, -0.15) is 0 Å². The minimum absolute atomic E-state index is 0.335. The van der Waals surface area contributed by atoms with Crippen LogP contribution in [0, 0.1) is 6.07 Å². The summed E-state index contributed by atoms with van der Waals surface area (Å²) in [7, 11) is 0. The molecule has 0 nitrogen and oxygen atoms in total. The summed E-state index contributed by atoms with van der Waals surface area (Å²) in [6.45, 7) is 4.62. The highest BCUT2D eigenvalue weighted by atomic mass is 32.2. The Balaban J connectivity index is 2.52. The van der Waals surface area contributed by atoms with Gasteiger partial charge in [0.2, 0.25) is 0 Å². The molecular formula is C11H13S. The van der Waals surface area contributed by atoms with Gasteiger partial charge in [-0.25, -0.2) is 0 Å². The van der Waals surface area contributed by atoms with Gasteiger partial charge < -0.3 is 0 Å². The zero-order valence-electron chi connectivity index (χ0n) is 7.55. The molecule has 0 spiro atoms. The molecule has 12 heavy (non-hydrogen) atoms.